The van der Waals surface area contributed by atoms with Crippen LogP contribution in [-0.2, 0) is 0 Å². The van der Waals surface area contributed by atoms with Gasteiger partial charge in [-0.25, -0.2) is 4.39 Å². The summed E-state index contributed by atoms with van der Waals surface area (Å²) in [6, 6.07) is 6.41. The molecular formula is C13H20FNO2. The van der Waals surface area contributed by atoms with Gasteiger partial charge >= 0.3 is 0 Å². The highest BCUT2D eigenvalue weighted by Crippen LogP contribution is 2.14. The van der Waals surface area contributed by atoms with Crippen molar-refractivity contribution in [1.29, 1.82) is 0 Å². The smallest absolute Gasteiger partial charge is 0.165 e. The van der Waals surface area contributed by atoms with Gasteiger partial charge in [-0.05, 0) is 38.6 Å². The van der Waals surface area contributed by atoms with Gasteiger partial charge in [0.05, 0.1) is 0 Å². The number of unbranched alkanes of at least 4 members (excludes halogenated alkanes) is 1. The average Bonchev–Trinajstić information content (AvgIpc) is 2.32. The van der Waals surface area contributed by atoms with E-state index in [4.69, 9.17) is 9.84 Å². The van der Waals surface area contributed by atoms with Gasteiger partial charge in [0.15, 0.2) is 11.6 Å². The van der Waals surface area contributed by atoms with E-state index in [0.717, 1.165) is 25.9 Å². The van der Waals surface area contributed by atoms with E-state index in [-0.39, 0.29) is 12.4 Å². The van der Waals surface area contributed by atoms with E-state index in [9.17, 15) is 4.39 Å². The Bertz CT molecular complexity index is 320. The minimum absolute atomic E-state index is 0.236. The molecule has 0 amide bonds. The van der Waals surface area contributed by atoms with Crippen molar-refractivity contribution in [2.24, 2.45) is 0 Å². The monoisotopic (exact) mass is 241 g/mol. The first-order chi connectivity index (χ1) is 8.24. The topological polar surface area (TPSA) is 32.7 Å². The molecule has 0 atom stereocenters. The average molecular weight is 241 g/mol. The van der Waals surface area contributed by atoms with Crippen LogP contribution in [0.1, 0.15) is 12.8 Å². The lowest BCUT2D eigenvalue weighted by Gasteiger charge is -2.16. The molecule has 0 bridgehead atoms. The van der Waals surface area contributed by atoms with Gasteiger partial charge in [-0.3, -0.25) is 0 Å². The maximum absolute atomic E-state index is 13.2. The quantitative estimate of drug-likeness (QED) is 0.706. The molecule has 0 spiro atoms. The number of benzene rings is 1. The molecule has 1 aromatic rings. The Hall–Kier alpha value is -1.13. The fraction of sp³-hybridized carbons (Fsp3) is 0.538. The Balaban J connectivity index is 2.17. The zero-order valence-corrected chi connectivity index (χ0v) is 10.2. The van der Waals surface area contributed by atoms with E-state index in [0.29, 0.717) is 12.4 Å². The van der Waals surface area contributed by atoms with E-state index >= 15 is 0 Å². The van der Waals surface area contributed by atoms with Crippen LogP contribution in [0, 0.1) is 5.82 Å². The van der Waals surface area contributed by atoms with Crippen molar-refractivity contribution in [2.45, 2.75) is 12.8 Å². The molecule has 1 rings (SSSR count). The zero-order chi connectivity index (χ0) is 12.5. The normalized spacial score (nSPS) is 10.8. The lowest BCUT2D eigenvalue weighted by Crippen LogP contribution is -2.25. The maximum atomic E-state index is 13.2. The molecule has 0 aromatic heterocycles. The number of aliphatic hydroxyl groups is 1. The number of aliphatic hydroxyl groups excluding tert-OH is 1. The lowest BCUT2D eigenvalue weighted by atomic mass is 10.3. The van der Waals surface area contributed by atoms with Crippen LogP contribution in [0.4, 0.5) is 4.39 Å². The maximum Gasteiger partial charge on any atom is 0.165 e. The van der Waals surface area contributed by atoms with E-state index in [1.807, 2.05) is 7.05 Å². The Kier molecular flexibility index (Phi) is 6.58. The number of rotatable bonds is 8. The van der Waals surface area contributed by atoms with Gasteiger partial charge in [0, 0.05) is 13.2 Å². The van der Waals surface area contributed by atoms with Crippen LogP contribution in [0.15, 0.2) is 24.3 Å². The second kappa shape index (κ2) is 8.03. The van der Waals surface area contributed by atoms with Crippen molar-refractivity contribution in [3.05, 3.63) is 30.1 Å². The molecule has 0 fully saturated rings. The second-order valence-electron chi connectivity index (χ2n) is 4.01. The molecule has 0 radical (unpaired) electrons. The summed E-state index contributed by atoms with van der Waals surface area (Å²) in [5, 5.41) is 8.65. The molecule has 1 aromatic carbocycles. The fourth-order valence-electron chi connectivity index (χ4n) is 1.48. The standard InChI is InChI=1S/C13H20FNO2/c1-15(8-4-5-10-16)9-11-17-13-7-3-2-6-12(13)14/h2-3,6-7,16H,4-5,8-11H2,1H3. The third-order valence-electron chi connectivity index (χ3n) is 2.52. The third-order valence-corrected chi connectivity index (χ3v) is 2.52. The molecule has 0 heterocycles. The Morgan fingerprint density at radius 3 is 2.71 bits per heavy atom. The van der Waals surface area contributed by atoms with Gasteiger partial charge in [0.1, 0.15) is 6.61 Å². The van der Waals surface area contributed by atoms with Crippen LogP contribution >= 0.6 is 0 Å². The van der Waals surface area contributed by atoms with Crippen LogP contribution in [0.5, 0.6) is 5.75 Å². The van der Waals surface area contributed by atoms with Crippen LogP contribution in [0.2, 0.25) is 0 Å². The van der Waals surface area contributed by atoms with E-state index < -0.39 is 0 Å². The first-order valence-electron chi connectivity index (χ1n) is 5.91. The number of nitrogens with zero attached hydrogens (tertiary/aromatic N) is 1. The van der Waals surface area contributed by atoms with Crippen LogP contribution in [-0.4, -0.2) is 43.4 Å². The van der Waals surface area contributed by atoms with Gasteiger partial charge in [-0.15, -0.1) is 0 Å². The molecule has 17 heavy (non-hydrogen) atoms. The van der Waals surface area contributed by atoms with Gasteiger partial charge in [0.25, 0.3) is 0 Å². The Morgan fingerprint density at radius 2 is 2.00 bits per heavy atom. The highest BCUT2D eigenvalue weighted by molar-refractivity contribution is 5.23. The molecule has 3 nitrogen and oxygen atoms in total. The predicted octanol–water partition coefficient (Wildman–Crippen LogP) is 1.91. The van der Waals surface area contributed by atoms with Crippen molar-refractivity contribution < 1.29 is 14.2 Å². The summed E-state index contributed by atoms with van der Waals surface area (Å²) in [6.45, 7) is 2.37. The first kappa shape index (κ1) is 13.9. The molecule has 0 saturated heterocycles. The number of halogens is 1. The Morgan fingerprint density at radius 1 is 1.24 bits per heavy atom. The lowest BCUT2D eigenvalue weighted by molar-refractivity contribution is 0.220. The number of hydrogen-bond acceptors (Lipinski definition) is 3. The second-order valence-corrected chi connectivity index (χ2v) is 4.01. The van der Waals surface area contributed by atoms with Crippen molar-refractivity contribution in [3.63, 3.8) is 0 Å². The summed E-state index contributed by atoms with van der Waals surface area (Å²) in [4.78, 5) is 2.11. The summed E-state index contributed by atoms with van der Waals surface area (Å²) in [6.07, 6.45) is 1.78. The summed E-state index contributed by atoms with van der Waals surface area (Å²) < 4.78 is 18.5. The highest BCUT2D eigenvalue weighted by atomic mass is 19.1. The van der Waals surface area contributed by atoms with Crippen molar-refractivity contribution in [1.82, 2.24) is 4.90 Å². The number of ether oxygens (including phenoxy) is 1. The van der Waals surface area contributed by atoms with Gasteiger partial charge in [0.2, 0.25) is 0 Å². The van der Waals surface area contributed by atoms with Crippen molar-refractivity contribution in [3.8, 4) is 5.75 Å². The van der Waals surface area contributed by atoms with Crippen LogP contribution in [0.3, 0.4) is 0 Å². The van der Waals surface area contributed by atoms with E-state index in [1.54, 1.807) is 18.2 Å². The van der Waals surface area contributed by atoms with E-state index in [1.165, 1.54) is 6.07 Å². The van der Waals surface area contributed by atoms with Crippen LogP contribution < -0.4 is 4.74 Å². The Labute approximate surface area is 102 Å². The molecule has 4 heteroatoms. The highest BCUT2D eigenvalue weighted by Gasteiger charge is 2.02. The molecule has 1 N–H and O–H groups in total. The molecule has 0 aliphatic rings. The molecule has 0 aliphatic carbocycles. The number of likely N-dealkylation sites (N-methyl/N-ethyl adjacent to an activating group) is 1. The molecule has 0 aliphatic heterocycles. The molecule has 0 saturated carbocycles. The van der Waals surface area contributed by atoms with Crippen molar-refractivity contribution in [2.75, 3.05) is 33.4 Å². The molecular weight excluding hydrogens is 221 g/mol. The van der Waals surface area contributed by atoms with E-state index in [2.05, 4.69) is 4.90 Å². The number of hydrogen-bond donors (Lipinski definition) is 1. The SMILES string of the molecule is CN(CCCCO)CCOc1ccccc1F. The summed E-state index contributed by atoms with van der Waals surface area (Å²) in [5.41, 5.74) is 0. The molecule has 0 unspecified atom stereocenters. The summed E-state index contributed by atoms with van der Waals surface area (Å²) in [5.74, 6) is -0.0216. The third kappa shape index (κ3) is 5.65. The fourth-order valence-corrected chi connectivity index (χ4v) is 1.48. The van der Waals surface area contributed by atoms with Gasteiger partial charge in [-0.1, -0.05) is 12.1 Å². The largest absolute Gasteiger partial charge is 0.489 e. The molecule has 96 valence electrons. The zero-order valence-electron chi connectivity index (χ0n) is 10.2. The van der Waals surface area contributed by atoms with Crippen LogP contribution in [0.25, 0.3) is 0 Å². The van der Waals surface area contributed by atoms with Crippen molar-refractivity contribution >= 4 is 0 Å². The minimum Gasteiger partial charge on any atom is -0.489 e. The summed E-state index contributed by atoms with van der Waals surface area (Å²) in [7, 11) is 1.99. The van der Waals surface area contributed by atoms with Gasteiger partial charge < -0.3 is 14.7 Å². The van der Waals surface area contributed by atoms with Gasteiger partial charge in [-0.2, -0.15) is 0 Å². The predicted molar refractivity (Wildman–Crippen MR) is 65.7 cm³/mol. The minimum atomic E-state index is -0.324. The number of para-hydroxylation sites is 1. The summed E-state index contributed by atoms with van der Waals surface area (Å²) >= 11 is 0. The first-order valence-corrected chi connectivity index (χ1v) is 5.91.